The van der Waals surface area contributed by atoms with Gasteiger partial charge in [-0.3, -0.25) is 38.4 Å². The largest absolute Gasteiger partial charge is 0.460 e. The molecule has 16 nitrogen and oxygen atoms in total. The zero-order valence-electron chi connectivity index (χ0n) is 47.6. The Kier molecular flexibility index (Phi) is 19.6. The van der Waals surface area contributed by atoms with Gasteiger partial charge in [0.05, 0.1) is 21.2 Å². The van der Waals surface area contributed by atoms with E-state index in [1.807, 2.05) is 55.4 Å². The summed E-state index contributed by atoms with van der Waals surface area (Å²) in [6.07, 6.45) is 10.1. The summed E-state index contributed by atoms with van der Waals surface area (Å²) in [5, 5.41) is 10.5. The molecule has 2 fully saturated rings. The fraction of sp³-hybridized carbons (Fsp3) is 0.533. The van der Waals surface area contributed by atoms with E-state index in [2.05, 4.69) is 21.3 Å². The van der Waals surface area contributed by atoms with Gasteiger partial charge in [0.25, 0.3) is 35.2 Å². The van der Waals surface area contributed by atoms with E-state index in [4.69, 9.17) is 32.7 Å². The van der Waals surface area contributed by atoms with Crippen molar-refractivity contribution < 1.29 is 65.4 Å². The number of aromatic nitrogens is 2. The molecule has 2 aliphatic heterocycles. The second-order valence-electron chi connectivity index (χ2n) is 24.5. The zero-order chi connectivity index (χ0) is 60.2. The Balaban J connectivity index is 0.000000236. The molecule has 4 aliphatic rings. The summed E-state index contributed by atoms with van der Waals surface area (Å²) < 4.78 is 67.8. The lowest BCUT2D eigenvalue weighted by atomic mass is 9.76. The fourth-order valence-electron chi connectivity index (χ4n) is 11.3. The van der Waals surface area contributed by atoms with Gasteiger partial charge in [0.2, 0.25) is 0 Å². The van der Waals surface area contributed by atoms with Crippen LogP contribution in [0.3, 0.4) is 0 Å². The van der Waals surface area contributed by atoms with E-state index >= 15 is 0 Å². The number of halogens is 6. The molecule has 2 aromatic heterocycles. The second-order valence-corrected chi connectivity index (χ2v) is 25.2. The average molecular weight is 1180 g/mol. The van der Waals surface area contributed by atoms with Crippen LogP contribution in [-0.2, 0) is 54.6 Å². The van der Waals surface area contributed by atoms with Crippen LogP contribution in [0.5, 0.6) is 0 Å². The van der Waals surface area contributed by atoms with E-state index in [0.29, 0.717) is 113 Å². The van der Waals surface area contributed by atoms with Crippen LogP contribution in [0.1, 0.15) is 198 Å². The number of hydrogen-bond acceptors (Lipinski definition) is 10. The summed E-state index contributed by atoms with van der Waals surface area (Å²) in [6.45, 7) is 15.6. The standard InChI is InChI=1S/2C30H36ClF2N3O5/c2*1-29(2,3)41-22(37)10-7-17-11-13-30(4,14-12-17)35-28(40)26(38)25-24(31)23(21-6-5-15-36(21)25)27(39)34-18-8-9-19(32)20(33)16-18/h2*8-9,16-17H,5-7,10-15H2,1-4H3,(H,34,39)(H,35,40). The molecule has 8 rings (SSSR count). The van der Waals surface area contributed by atoms with Gasteiger partial charge in [-0.25, -0.2) is 17.6 Å². The number of benzene rings is 2. The van der Waals surface area contributed by atoms with E-state index in [1.165, 1.54) is 12.1 Å². The van der Waals surface area contributed by atoms with Gasteiger partial charge in [-0.05, 0) is 181 Å². The Morgan fingerprint density at radius 2 is 0.902 bits per heavy atom. The predicted molar refractivity (Wildman–Crippen MR) is 300 cm³/mol. The first-order valence-electron chi connectivity index (χ1n) is 27.9. The Hall–Kier alpha value is -6.54. The minimum atomic E-state index is -1.12. The van der Waals surface area contributed by atoms with E-state index in [-0.39, 0.29) is 55.9 Å². The highest BCUT2D eigenvalue weighted by Crippen LogP contribution is 2.39. The van der Waals surface area contributed by atoms with E-state index < -0.39 is 80.7 Å². The summed E-state index contributed by atoms with van der Waals surface area (Å²) in [4.78, 5) is 103. The Morgan fingerprint density at radius 3 is 1.22 bits per heavy atom. The van der Waals surface area contributed by atoms with Gasteiger partial charge >= 0.3 is 11.9 Å². The summed E-state index contributed by atoms with van der Waals surface area (Å²) in [5.41, 5.74) is -1.17. The SMILES string of the molecule is CC1(NC(=O)C(=O)c2c(Cl)c(C(=O)Nc3ccc(F)c(F)c3)c3n2CCC3)CCC(CCC(=O)OC(C)(C)C)CC1.CC1(NC(=O)C(=O)c2c(Cl)c(C(=O)Nc3ccc(F)c(F)c3)c3n2CCC3)CCC(CCC(=O)OC(C)(C)C)CC1. The van der Waals surface area contributed by atoms with Crippen LogP contribution in [0.4, 0.5) is 28.9 Å². The van der Waals surface area contributed by atoms with Crippen molar-refractivity contribution >= 4 is 81.7 Å². The molecule has 2 aliphatic carbocycles. The summed E-state index contributed by atoms with van der Waals surface area (Å²) in [5.74, 6) is -8.77. The number of carbonyl (C=O) groups excluding carboxylic acids is 8. The van der Waals surface area contributed by atoms with Crippen LogP contribution in [0.2, 0.25) is 10.0 Å². The molecule has 0 unspecified atom stereocenters. The lowest BCUT2D eigenvalue weighted by Crippen LogP contribution is -2.50. The molecule has 0 bridgehead atoms. The quantitative estimate of drug-likeness (QED) is 0.0360. The Labute approximate surface area is 484 Å². The monoisotopic (exact) mass is 1180 g/mol. The highest BCUT2D eigenvalue weighted by Gasteiger charge is 2.41. The molecule has 22 heteroatoms. The van der Waals surface area contributed by atoms with Crippen molar-refractivity contribution in [3.05, 3.63) is 104 Å². The maximum absolute atomic E-state index is 13.6. The molecular formula is C60H72Cl2F4N6O10. The molecule has 0 atom stereocenters. The number of nitrogens with zero attached hydrogens (tertiary/aromatic N) is 2. The van der Waals surface area contributed by atoms with Crippen molar-refractivity contribution in [3.63, 3.8) is 0 Å². The minimum Gasteiger partial charge on any atom is -0.460 e. The van der Waals surface area contributed by atoms with Gasteiger partial charge in [-0.15, -0.1) is 0 Å². The number of esters is 2. The van der Waals surface area contributed by atoms with Crippen LogP contribution in [0.15, 0.2) is 36.4 Å². The molecule has 4 aromatic rings. The van der Waals surface area contributed by atoms with E-state index in [9.17, 15) is 55.9 Å². The van der Waals surface area contributed by atoms with Crippen LogP contribution in [-0.4, -0.2) is 78.5 Å². The van der Waals surface area contributed by atoms with Crippen molar-refractivity contribution in [1.82, 2.24) is 19.8 Å². The van der Waals surface area contributed by atoms with Gasteiger partial charge < -0.3 is 39.9 Å². The first kappa shape index (κ1) is 63.0. The van der Waals surface area contributed by atoms with Crippen LogP contribution < -0.4 is 21.3 Å². The zero-order valence-corrected chi connectivity index (χ0v) is 49.1. The predicted octanol–water partition coefficient (Wildman–Crippen LogP) is 12.0. The molecule has 4 N–H and O–H groups in total. The van der Waals surface area contributed by atoms with Crippen molar-refractivity contribution in [2.75, 3.05) is 10.6 Å². The number of carbonyl (C=O) groups is 8. The van der Waals surface area contributed by atoms with Crippen LogP contribution in [0, 0.1) is 35.1 Å². The number of fused-ring (bicyclic) bond motifs is 2. The molecule has 444 valence electrons. The van der Waals surface area contributed by atoms with Gasteiger partial charge in [0.1, 0.15) is 22.6 Å². The number of ketones is 2. The molecule has 82 heavy (non-hydrogen) atoms. The molecule has 0 saturated heterocycles. The molecule has 0 spiro atoms. The summed E-state index contributed by atoms with van der Waals surface area (Å²) in [6, 6.07) is 5.92. The normalized spacial score (nSPS) is 20.3. The highest BCUT2D eigenvalue weighted by atomic mass is 35.5. The van der Waals surface area contributed by atoms with Crippen molar-refractivity contribution in [3.8, 4) is 0 Å². The smallest absolute Gasteiger partial charge is 0.306 e. The van der Waals surface area contributed by atoms with E-state index in [0.717, 1.165) is 49.9 Å². The number of rotatable bonds is 16. The maximum atomic E-state index is 13.6. The lowest BCUT2D eigenvalue weighted by molar-refractivity contribution is -0.156. The number of nitrogens with one attached hydrogen (secondary N) is 4. The van der Waals surface area contributed by atoms with Gasteiger partial charge in [-0.1, -0.05) is 23.2 Å². The third-order valence-corrected chi connectivity index (χ3v) is 16.2. The highest BCUT2D eigenvalue weighted by molar-refractivity contribution is 6.49. The number of amides is 4. The molecule has 2 saturated carbocycles. The average Bonchev–Trinajstić information content (AvgIpc) is 4.36. The minimum absolute atomic E-state index is 0.0307. The van der Waals surface area contributed by atoms with Gasteiger partial charge in [-0.2, -0.15) is 0 Å². The maximum Gasteiger partial charge on any atom is 0.306 e. The molecule has 0 radical (unpaired) electrons. The second kappa shape index (κ2) is 25.5. The molecular weight excluding hydrogens is 1110 g/mol. The number of anilines is 2. The van der Waals surface area contributed by atoms with Crippen molar-refractivity contribution in [2.24, 2.45) is 11.8 Å². The Morgan fingerprint density at radius 1 is 0.561 bits per heavy atom. The first-order chi connectivity index (χ1) is 38.3. The lowest BCUT2D eigenvalue weighted by Gasteiger charge is -2.38. The summed E-state index contributed by atoms with van der Waals surface area (Å²) >= 11 is 13.1. The van der Waals surface area contributed by atoms with Crippen LogP contribution in [0.25, 0.3) is 0 Å². The molecule has 4 amide bonds. The van der Waals surface area contributed by atoms with Crippen molar-refractivity contribution in [1.29, 1.82) is 0 Å². The van der Waals surface area contributed by atoms with Gasteiger partial charge in [0, 0.05) is 71.9 Å². The van der Waals surface area contributed by atoms with Crippen molar-refractivity contribution in [2.45, 2.75) is 193 Å². The fourth-order valence-corrected chi connectivity index (χ4v) is 12.1. The summed E-state index contributed by atoms with van der Waals surface area (Å²) in [7, 11) is 0. The Bertz CT molecular complexity index is 2950. The first-order valence-corrected chi connectivity index (χ1v) is 28.6. The molecule has 4 heterocycles. The third kappa shape index (κ3) is 15.6. The van der Waals surface area contributed by atoms with E-state index in [1.54, 1.807) is 9.13 Å². The van der Waals surface area contributed by atoms with Gasteiger partial charge in [0.15, 0.2) is 23.3 Å². The topological polar surface area (TPSA) is 213 Å². The number of ether oxygens (including phenoxy) is 2. The number of hydrogen-bond donors (Lipinski definition) is 4. The molecule has 2 aromatic carbocycles. The van der Waals surface area contributed by atoms with Crippen LogP contribution >= 0.6 is 23.2 Å². The number of Topliss-reactive ketones (excluding diaryl/α,β-unsaturated/α-hetero) is 2. The third-order valence-electron chi connectivity index (χ3n) is 15.5.